The summed E-state index contributed by atoms with van der Waals surface area (Å²) in [6, 6.07) is 8.44. The molecule has 0 radical (unpaired) electrons. The minimum Gasteiger partial charge on any atom is -0.321 e. The molecule has 5 heteroatoms. The molecule has 1 aliphatic rings. The molecule has 1 aliphatic heterocycles. The highest BCUT2D eigenvalue weighted by molar-refractivity contribution is 7.98. The molecule has 1 heterocycles. The normalized spacial score (nSPS) is 19.1. The van der Waals surface area contributed by atoms with Crippen LogP contribution in [0.3, 0.4) is 0 Å². The predicted molar refractivity (Wildman–Crippen MR) is 83.9 cm³/mol. The Balaban J connectivity index is 2.06. The summed E-state index contributed by atoms with van der Waals surface area (Å²) in [5.41, 5.74) is 1.16. The average molecular weight is 293 g/mol. The Morgan fingerprint density at radius 1 is 1.40 bits per heavy atom. The lowest BCUT2D eigenvalue weighted by atomic mass is 10.1. The Kier molecular flexibility index (Phi) is 5.46. The molecule has 110 valence electrons. The zero-order valence-corrected chi connectivity index (χ0v) is 13.2. The van der Waals surface area contributed by atoms with Gasteiger partial charge in [0.2, 0.25) is 5.91 Å². The van der Waals surface area contributed by atoms with Gasteiger partial charge in [0.05, 0.1) is 6.54 Å². The summed E-state index contributed by atoms with van der Waals surface area (Å²) in [5, 5.41) is 3.30. The Hall–Kier alpha value is -1.04. The van der Waals surface area contributed by atoms with Crippen molar-refractivity contribution in [3.63, 3.8) is 0 Å². The topological polar surface area (TPSA) is 35.6 Å². The largest absolute Gasteiger partial charge is 0.321 e. The van der Waals surface area contributed by atoms with Crippen molar-refractivity contribution in [1.82, 2.24) is 15.1 Å². The zero-order valence-electron chi connectivity index (χ0n) is 12.4. The van der Waals surface area contributed by atoms with Crippen LogP contribution >= 0.6 is 11.8 Å². The van der Waals surface area contributed by atoms with E-state index >= 15 is 0 Å². The molecule has 1 fully saturated rings. The van der Waals surface area contributed by atoms with E-state index in [4.69, 9.17) is 0 Å². The Labute approximate surface area is 125 Å². The van der Waals surface area contributed by atoms with Gasteiger partial charge in [0.15, 0.2) is 0 Å². The summed E-state index contributed by atoms with van der Waals surface area (Å²) in [4.78, 5) is 17.4. The maximum Gasteiger partial charge on any atom is 0.238 e. The Morgan fingerprint density at radius 2 is 2.10 bits per heavy atom. The summed E-state index contributed by atoms with van der Waals surface area (Å²) in [6.45, 7) is 5.24. The first kappa shape index (κ1) is 15.4. The van der Waals surface area contributed by atoms with Crippen LogP contribution in [0.25, 0.3) is 0 Å². The van der Waals surface area contributed by atoms with Gasteiger partial charge < -0.3 is 9.80 Å². The maximum absolute atomic E-state index is 12.0. The van der Waals surface area contributed by atoms with Gasteiger partial charge in [-0.2, -0.15) is 0 Å². The monoisotopic (exact) mass is 293 g/mol. The van der Waals surface area contributed by atoms with Gasteiger partial charge in [-0.3, -0.25) is 10.1 Å². The van der Waals surface area contributed by atoms with Crippen LogP contribution in [0.4, 0.5) is 0 Å². The number of carbonyl (C=O) groups is 1. The van der Waals surface area contributed by atoms with Crippen molar-refractivity contribution in [2.45, 2.75) is 18.0 Å². The van der Waals surface area contributed by atoms with Crippen molar-refractivity contribution >= 4 is 17.7 Å². The zero-order chi connectivity index (χ0) is 14.5. The molecule has 1 unspecified atom stereocenters. The third kappa shape index (κ3) is 3.53. The molecule has 0 bridgehead atoms. The van der Waals surface area contributed by atoms with Gasteiger partial charge in [0, 0.05) is 18.0 Å². The Morgan fingerprint density at radius 3 is 2.70 bits per heavy atom. The number of nitrogens with zero attached hydrogens (tertiary/aromatic N) is 2. The molecule has 1 atom stereocenters. The van der Waals surface area contributed by atoms with E-state index in [1.54, 1.807) is 11.8 Å². The third-order valence-corrected chi connectivity index (χ3v) is 4.52. The minimum atomic E-state index is 0.0173. The summed E-state index contributed by atoms with van der Waals surface area (Å²) in [7, 11) is 2.08. The van der Waals surface area contributed by atoms with Crippen molar-refractivity contribution in [3.8, 4) is 0 Å². The molecular weight excluding hydrogens is 270 g/mol. The van der Waals surface area contributed by atoms with Crippen LogP contribution in [-0.4, -0.2) is 55.2 Å². The second kappa shape index (κ2) is 7.11. The molecule has 0 aromatic heterocycles. The molecule has 4 nitrogen and oxygen atoms in total. The fourth-order valence-electron chi connectivity index (χ4n) is 2.31. The molecule has 0 spiro atoms. The lowest BCUT2D eigenvalue weighted by Crippen LogP contribution is -2.36. The predicted octanol–water partition coefficient (Wildman–Crippen LogP) is 1.79. The van der Waals surface area contributed by atoms with E-state index in [0.29, 0.717) is 6.54 Å². The van der Waals surface area contributed by atoms with Gasteiger partial charge in [-0.1, -0.05) is 19.1 Å². The number of carbonyl (C=O) groups excluding carboxylic acids is 1. The molecule has 1 aromatic rings. The van der Waals surface area contributed by atoms with Gasteiger partial charge in [0.1, 0.15) is 6.17 Å². The quantitative estimate of drug-likeness (QED) is 0.811. The van der Waals surface area contributed by atoms with Crippen LogP contribution in [-0.2, 0) is 4.79 Å². The number of rotatable bonds is 6. The number of hydrogen-bond acceptors (Lipinski definition) is 4. The standard InChI is InChI=1S/C15H23N3OS/c1-4-17(2)9-10-18-14(19)11-16-15(18)12-5-7-13(20-3)8-6-12/h5-8,15-16H,4,9-11H2,1-3H3. The van der Waals surface area contributed by atoms with E-state index < -0.39 is 0 Å². The van der Waals surface area contributed by atoms with Crippen LogP contribution < -0.4 is 5.32 Å². The summed E-state index contributed by atoms with van der Waals surface area (Å²) >= 11 is 1.73. The van der Waals surface area contributed by atoms with Crippen molar-refractivity contribution in [1.29, 1.82) is 0 Å². The van der Waals surface area contributed by atoms with Crippen molar-refractivity contribution in [2.24, 2.45) is 0 Å². The SMILES string of the molecule is CCN(C)CCN1C(=O)CNC1c1ccc(SC)cc1. The smallest absolute Gasteiger partial charge is 0.238 e. The first-order chi connectivity index (χ1) is 9.65. The maximum atomic E-state index is 12.0. The van der Waals surface area contributed by atoms with E-state index in [2.05, 4.69) is 54.7 Å². The number of hydrogen-bond donors (Lipinski definition) is 1. The fourth-order valence-corrected chi connectivity index (χ4v) is 2.72. The van der Waals surface area contributed by atoms with Gasteiger partial charge in [-0.05, 0) is 37.5 Å². The van der Waals surface area contributed by atoms with Crippen molar-refractivity contribution in [2.75, 3.05) is 39.5 Å². The highest BCUT2D eigenvalue weighted by atomic mass is 32.2. The second-order valence-corrected chi connectivity index (χ2v) is 5.92. The average Bonchev–Trinajstić information content (AvgIpc) is 2.86. The van der Waals surface area contributed by atoms with Gasteiger partial charge in [-0.25, -0.2) is 0 Å². The Bertz CT molecular complexity index is 449. The highest BCUT2D eigenvalue weighted by Gasteiger charge is 2.31. The lowest BCUT2D eigenvalue weighted by Gasteiger charge is -2.26. The number of thioether (sulfide) groups is 1. The van der Waals surface area contributed by atoms with Crippen LogP contribution in [0.1, 0.15) is 18.7 Å². The minimum absolute atomic E-state index is 0.0173. The molecule has 1 N–H and O–H groups in total. The van der Waals surface area contributed by atoms with E-state index in [0.717, 1.165) is 25.2 Å². The summed E-state index contributed by atoms with van der Waals surface area (Å²) < 4.78 is 0. The molecule has 1 saturated heterocycles. The van der Waals surface area contributed by atoms with Crippen LogP contribution in [0.15, 0.2) is 29.2 Å². The number of likely N-dealkylation sites (N-methyl/N-ethyl adjacent to an activating group) is 1. The van der Waals surface area contributed by atoms with Crippen molar-refractivity contribution in [3.05, 3.63) is 29.8 Å². The van der Waals surface area contributed by atoms with E-state index in [-0.39, 0.29) is 12.1 Å². The molecule has 0 saturated carbocycles. The van der Waals surface area contributed by atoms with Crippen LogP contribution in [0.5, 0.6) is 0 Å². The van der Waals surface area contributed by atoms with Crippen molar-refractivity contribution < 1.29 is 4.79 Å². The molecule has 0 aliphatic carbocycles. The molecule has 1 amide bonds. The van der Waals surface area contributed by atoms with Gasteiger partial charge in [-0.15, -0.1) is 11.8 Å². The van der Waals surface area contributed by atoms with Gasteiger partial charge >= 0.3 is 0 Å². The molecular formula is C15H23N3OS. The summed E-state index contributed by atoms with van der Waals surface area (Å²) in [6.07, 6.45) is 2.09. The lowest BCUT2D eigenvalue weighted by molar-refractivity contribution is -0.128. The van der Waals surface area contributed by atoms with Crippen LogP contribution in [0.2, 0.25) is 0 Å². The van der Waals surface area contributed by atoms with E-state index in [1.165, 1.54) is 4.90 Å². The number of amides is 1. The number of benzene rings is 1. The van der Waals surface area contributed by atoms with E-state index in [1.807, 2.05) is 4.90 Å². The molecule has 1 aromatic carbocycles. The van der Waals surface area contributed by atoms with Crippen LogP contribution in [0, 0.1) is 0 Å². The first-order valence-corrected chi connectivity index (χ1v) is 8.23. The summed E-state index contributed by atoms with van der Waals surface area (Å²) in [5.74, 6) is 0.188. The third-order valence-electron chi connectivity index (χ3n) is 3.77. The molecule has 20 heavy (non-hydrogen) atoms. The first-order valence-electron chi connectivity index (χ1n) is 7.01. The van der Waals surface area contributed by atoms with Gasteiger partial charge in [0.25, 0.3) is 0 Å². The molecule has 2 rings (SSSR count). The fraction of sp³-hybridized carbons (Fsp3) is 0.533. The van der Waals surface area contributed by atoms with E-state index in [9.17, 15) is 4.79 Å². The highest BCUT2D eigenvalue weighted by Crippen LogP contribution is 2.24. The number of nitrogens with one attached hydrogen (secondary N) is 1. The second-order valence-electron chi connectivity index (χ2n) is 5.04.